The van der Waals surface area contributed by atoms with Gasteiger partial charge in [-0.2, -0.15) is 4.31 Å². The third-order valence-electron chi connectivity index (χ3n) is 1.95. The van der Waals surface area contributed by atoms with Crippen LogP contribution in [0.5, 0.6) is 0 Å². The molecule has 1 aliphatic carbocycles. The molecule has 6 heteroatoms. The smallest absolute Gasteiger partial charge is 0.220 e. The molecule has 0 unspecified atom stereocenters. The first-order valence-corrected chi connectivity index (χ1v) is 6.27. The molecule has 1 fully saturated rings. The van der Waals surface area contributed by atoms with Gasteiger partial charge in [0.25, 0.3) is 0 Å². The minimum absolute atomic E-state index is 0.0408. The molecular formula is C7H14N2O2S2. The highest BCUT2D eigenvalue weighted by atomic mass is 32.2. The van der Waals surface area contributed by atoms with Crippen LogP contribution in [-0.2, 0) is 10.0 Å². The van der Waals surface area contributed by atoms with Crippen molar-refractivity contribution in [1.82, 2.24) is 4.31 Å². The normalized spacial score (nSPS) is 17.7. The molecule has 1 aliphatic rings. The number of nitrogens with two attached hydrogens (primary N) is 1. The van der Waals surface area contributed by atoms with Crippen LogP contribution in [0.25, 0.3) is 0 Å². The second-order valence-corrected chi connectivity index (χ2v) is 5.60. The molecule has 0 atom stereocenters. The van der Waals surface area contributed by atoms with Gasteiger partial charge >= 0.3 is 0 Å². The zero-order chi connectivity index (χ0) is 10.1. The first-order valence-electron chi connectivity index (χ1n) is 4.25. The van der Waals surface area contributed by atoms with Gasteiger partial charge in [0.15, 0.2) is 0 Å². The van der Waals surface area contributed by atoms with Crippen LogP contribution in [0.2, 0.25) is 0 Å². The molecule has 0 amide bonds. The van der Waals surface area contributed by atoms with E-state index in [1.54, 1.807) is 0 Å². The number of hydrogen-bond acceptors (Lipinski definition) is 3. The van der Waals surface area contributed by atoms with Crippen molar-refractivity contribution in [2.45, 2.75) is 25.8 Å². The maximum atomic E-state index is 11.6. The summed E-state index contributed by atoms with van der Waals surface area (Å²) in [5.41, 5.74) is 5.22. The van der Waals surface area contributed by atoms with Crippen molar-refractivity contribution in [2.24, 2.45) is 5.73 Å². The average molecular weight is 222 g/mol. The van der Waals surface area contributed by atoms with E-state index in [1.165, 1.54) is 4.31 Å². The first kappa shape index (κ1) is 10.9. The summed E-state index contributed by atoms with van der Waals surface area (Å²) in [7, 11) is -3.24. The van der Waals surface area contributed by atoms with Crippen LogP contribution in [0, 0.1) is 0 Å². The Morgan fingerprint density at radius 2 is 2.15 bits per heavy atom. The predicted molar refractivity (Wildman–Crippen MR) is 56.0 cm³/mol. The molecule has 0 aromatic carbocycles. The summed E-state index contributed by atoms with van der Waals surface area (Å²) in [5, 5.41) is 0. The van der Waals surface area contributed by atoms with E-state index in [1.807, 2.05) is 6.92 Å². The largest absolute Gasteiger partial charge is 0.392 e. The highest BCUT2D eigenvalue weighted by Crippen LogP contribution is 2.28. The van der Waals surface area contributed by atoms with Crippen molar-refractivity contribution in [1.29, 1.82) is 0 Å². The topological polar surface area (TPSA) is 63.4 Å². The first-order chi connectivity index (χ1) is 5.97. The van der Waals surface area contributed by atoms with Crippen LogP contribution in [0.3, 0.4) is 0 Å². The Kier molecular flexibility index (Phi) is 3.26. The Morgan fingerprint density at radius 1 is 1.62 bits per heavy atom. The van der Waals surface area contributed by atoms with E-state index < -0.39 is 10.0 Å². The standard InChI is InChI=1S/C7H14N2O2S2/c1-2-9(6-3-4-6)13(10,11)5-7(8)12/h6H,2-5H2,1H3,(H2,8,12). The van der Waals surface area contributed by atoms with Crippen molar-refractivity contribution in [3.05, 3.63) is 0 Å². The molecule has 76 valence electrons. The summed E-state index contributed by atoms with van der Waals surface area (Å²) in [4.78, 5) is 0.0408. The minimum atomic E-state index is -3.24. The van der Waals surface area contributed by atoms with Gasteiger partial charge in [-0.05, 0) is 12.8 Å². The summed E-state index contributed by atoms with van der Waals surface area (Å²) in [6.07, 6.45) is 1.93. The van der Waals surface area contributed by atoms with E-state index in [0.717, 1.165) is 12.8 Å². The SMILES string of the molecule is CCN(C1CC1)S(=O)(=O)CC(N)=S. The quantitative estimate of drug-likeness (QED) is 0.669. The lowest BCUT2D eigenvalue weighted by Crippen LogP contribution is -2.38. The summed E-state index contributed by atoms with van der Waals surface area (Å²) >= 11 is 4.59. The lowest BCUT2D eigenvalue weighted by atomic mass is 10.6. The Bertz CT molecular complexity index is 296. The van der Waals surface area contributed by atoms with E-state index in [-0.39, 0.29) is 16.8 Å². The second-order valence-electron chi connectivity index (χ2n) is 3.16. The van der Waals surface area contributed by atoms with Gasteiger partial charge in [0.1, 0.15) is 5.75 Å². The molecule has 1 rings (SSSR count). The van der Waals surface area contributed by atoms with Crippen molar-refractivity contribution >= 4 is 27.2 Å². The zero-order valence-electron chi connectivity index (χ0n) is 7.56. The monoisotopic (exact) mass is 222 g/mol. The molecule has 0 radical (unpaired) electrons. The lowest BCUT2D eigenvalue weighted by molar-refractivity contribution is 0.424. The fraction of sp³-hybridized carbons (Fsp3) is 0.857. The van der Waals surface area contributed by atoms with Crippen molar-refractivity contribution in [3.63, 3.8) is 0 Å². The van der Waals surface area contributed by atoms with Gasteiger partial charge in [-0.15, -0.1) is 0 Å². The Labute approximate surface area is 84.1 Å². The molecule has 13 heavy (non-hydrogen) atoms. The Morgan fingerprint density at radius 3 is 2.46 bits per heavy atom. The molecule has 0 aliphatic heterocycles. The van der Waals surface area contributed by atoms with Crippen molar-refractivity contribution < 1.29 is 8.42 Å². The number of hydrogen-bond donors (Lipinski definition) is 1. The second kappa shape index (κ2) is 3.89. The van der Waals surface area contributed by atoms with Gasteiger partial charge in [0, 0.05) is 12.6 Å². The molecule has 0 aromatic rings. The van der Waals surface area contributed by atoms with Crippen molar-refractivity contribution in [2.75, 3.05) is 12.3 Å². The predicted octanol–water partition coefficient (Wildman–Crippen LogP) is 0.0866. The van der Waals surface area contributed by atoms with Crippen LogP contribution in [0.1, 0.15) is 19.8 Å². The maximum Gasteiger partial charge on any atom is 0.220 e. The number of rotatable bonds is 5. The van der Waals surface area contributed by atoms with Crippen LogP contribution in [0.4, 0.5) is 0 Å². The molecule has 0 saturated heterocycles. The van der Waals surface area contributed by atoms with Gasteiger partial charge in [-0.25, -0.2) is 8.42 Å². The maximum absolute atomic E-state index is 11.6. The van der Waals surface area contributed by atoms with Crippen LogP contribution in [-0.4, -0.2) is 36.1 Å². The highest BCUT2D eigenvalue weighted by molar-refractivity contribution is 7.92. The van der Waals surface area contributed by atoms with Gasteiger partial charge in [0.2, 0.25) is 10.0 Å². The molecule has 0 aromatic heterocycles. The molecule has 0 heterocycles. The molecule has 0 bridgehead atoms. The molecular weight excluding hydrogens is 208 g/mol. The van der Waals surface area contributed by atoms with Crippen LogP contribution >= 0.6 is 12.2 Å². The van der Waals surface area contributed by atoms with Crippen LogP contribution < -0.4 is 5.73 Å². The summed E-state index contributed by atoms with van der Waals surface area (Å²) in [6, 6.07) is 0.198. The van der Waals surface area contributed by atoms with Crippen molar-refractivity contribution in [3.8, 4) is 0 Å². The third-order valence-corrected chi connectivity index (χ3v) is 4.22. The van der Waals surface area contributed by atoms with Gasteiger partial charge in [-0.1, -0.05) is 19.1 Å². The van der Waals surface area contributed by atoms with Crippen LogP contribution in [0.15, 0.2) is 0 Å². The summed E-state index contributed by atoms with van der Waals surface area (Å²) < 4.78 is 24.7. The van der Waals surface area contributed by atoms with E-state index in [9.17, 15) is 8.42 Å². The van der Waals surface area contributed by atoms with E-state index in [2.05, 4.69) is 12.2 Å². The number of nitrogens with zero attached hydrogens (tertiary/aromatic N) is 1. The fourth-order valence-corrected chi connectivity index (χ4v) is 3.34. The third kappa shape index (κ3) is 2.89. The summed E-state index contributed by atoms with van der Waals surface area (Å²) in [5.74, 6) is -0.202. The summed E-state index contributed by atoms with van der Waals surface area (Å²) in [6.45, 7) is 2.34. The van der Waals surface area contributed by atoms with E-state index in [4.69, 9.17) is 5.73 Å². The zero-order valence-corrected chi connectivity index (χ0v) is 9.20. The van der Waals surface area contributed by atoms with E-state index >= 15 is 0 Å². The van der Waals surface area contributed by atoms with Gasteiger partial charge < -0.3 is 5.73 Å². The lowest BCUT2D eigenvalue weighted by Gasteiger charge is -2.19. The molecule has 1 saturated carbocycles. The van der Waals surface area contributed by atoms with Gasteiger partial charge in [-0.3, -0.25) is 0 Å². The number of sulfonamides is 1. The Hall–Kier alpha value is -0.200. The molecule has 4 nitrogen and oxygen atoms in total. The average Bonchev–Trinajstić information content (AvgIpc) is 2.68. The fourth-order valence-electron chi connectivity index (χ4n) is 1.31. The molecule has 2 N–H and O–H groups in total. The van der Waals surface area contributed by atoms with E-state index in [0.29, 0.717) is 6.54 Å². The Balaban J connectivity index is 2.70. The minimum Gasteiger partial charge on any atom is -0.392 e. The van der Waals surface area contributed by atoms with Gasteiger partial charge in [0.05, 0.1) is 4.99 Å². The number of thiocarbonyl (C=S) groups is 1. The molecule has 0 spiro atoms. The highest BCUT2D eigenvalue weighted by Gasteiger charge is 2.35.